The molecule has 1 heterocycles. The second kappa shape index (κ2) is 7.37. The molecule has 0 fully saturated rings. The highest BCUT2D eigenvalue weighted by atomic mass is 19.1. The van der Waals surface area contributed by atoms with Gasteiger partial charge in [-0.05, 0) is 30.3 Å². The second-order valence-electron chi connectivity index (χ2n) is 5.89. The highest BCUT2D eigenvalue weighted by molar-refractivity contribution is 5.53. The van der Waals surface area contributed by atoms with Gasteiger partial charge in [-0.15, -0.1) is 10.2 Å². The predicted molar refractivity (Wildman–Crippen MR) is 98.0 cm³/mol. The highest BCUT2D eigenvalue weighted by Gasteiger charge is 2.25. The Labute approximate surface area is 154 Å². The zero-order valence-corrected chi connectivity index (χ0v) is 14.1. The molecule has 1 aromatic heterocycles. The van der Waals surface area contributed by atoms with Gasteiger partial charge in [0.15, 0.2) is 0 Å². The molecule has 0 spiro atoms. The number of nitrogens with zero attached hydrogens (tertiary/aromatic N) is 2. The molecule has 0 aliphatic carbocycles. The number of benzene rings is 3. The molecular weight excluding hydrogens is 348 g/mol. The summed E-state index contributed by atoms with van der Waals surface area (Å²) in [6.07, 6.45) is 0. The number of nitrogens with one attached hydrogen (secondary N) is 1. The summed E-state index contributed by atoms with van der Waals surface area (Å²) in [4.78, 5) is 0. The average Bonchev–Trinajstić information content (AvgIpc) is 3.19. The van der Waals surface area contributed by atoms with E-state index in [0.29, 0.717) is 5.89 Å². The van der Waals surface area contributed by atoms with Crippen molar-refractivity contribution in [3.05, 3.63) is 102 Å². The van der Waals surface area contributed by atoms with Crippen LogP contribution in [0.25, 0.3) is 11.5 Å². The van der Waals surface area contributed by atoms with Crippen molar-refractivity contribution in [3.63, 3.8) is 0 Å². The molecule has 1 atom stereocenters. The number of hydrogen-bond acceptors (Lipinski definition) is 4. The minimum absolute atomic E-state index is 0.141. The van der Waals surface area contributed by atoms with Crippen LogP contribution >= 0.6 is 0 Å². The summed E-state index contributed by atoms with van der Waals surface area (Å²) < 4.78 is 34.3. The smallest absolute Gasteiger partial charge is 0.247 e. The molecule has 3 aromatic carbocycles. The van der Waals surface area contributed by atoms with Crippen LogP contribution in [0.1, 0.15) is 17.5 Å². The Kier molecular flexibility index (Phi) is 4.61. The van der Waals surface area contributed by atoms with Gasteiger partial charge in [-0.2, -0.15) is 0 Å². The maximum absolute atomic E-state index is 14.4. The molecular formula is C21H15F2N3O. The molecule has 4 rings (SSSR count). The summed E-state index contributed by atoms with van der Waals surface area (Å²) >= 11 is 0. The lowest BCUT2D eigenvalue weighted by Crippen LogP contribution is -2.15. The molecule has 1 N–H and O–H groups in total. The molecule has 0 bridgehead atoms. The lowest BCUT2D eigenvalue weighted by atomic mass is 10.1. The number of halogens is 2. The second-order valence-corrected chi connectivity index (χ2v) is 5.89. The van der Waals surface area contributed by atoms with E-state index in [9.17, 15) is 8.78 Å². The third-order valence-electron chi connectivity index (χ3n) is 4.10. The minimum atomic E-state index is -0.840. The van der Waals surface area contributed by atoms with Gasteiger partial charge in [0, 0.05) is 11.1 Å². The molecule has 0 radical (unpaired) electrons. The fourth-order valence-electron chi connectivity index (χ4n) is 2.76. The normalized spacial score (nSPS) is 11.9. The molecule has 0 amide bonds. The lowest BCUT2D eigenvalue weighted by Gasteiger charge is -2.18. The molecule has 134 valence electrons. The van der Waals surface area contributed by atoms with Gasteiger partial charge in [0.05, 0.1) is 5.69 Å². The molecule has 0 saturated carbocycles. The van der Waals surface area contributed by atoms with Crippen molar-refractivity contribution in [1.29, 1.82) is 0 Å². The monoisotopic (exact) mass is 363 g/mol. The molecule has 27 heavy (non-hydrogen) atoms. The fraction of sp³-hybridized carbons (Fsp3) is 0.0476. The van der Waals surface area contributed by atoms with Crippen LogP contribution in [-0.2, 0) is 0 Å². The van der Waals surface area contributed by atoms with Crippen LogP contribution in [0.3, 0.4) is 0 Å². The van der Waals surface area contributed by atoms with Gasteiger partial charge >= 0.3 is 0 Å². The van der Waals surface area contributed by atoms with E-state index in [4.69, 9.17) is 4.42 Å². The number of rotatable bonds is 5. The predicted octanol–water partition coefficient (Wildman–Crippen LogP) is 5.22. The lowest BCUT2D eigenvalue weighted by molar-refractivity contribution is 0.484. The van der Waals surface area contributed by atoms with Crippen molar-refractivity contribution in [2.24, 2.45) is 0 Å². The standard InChI is InChI=1S/C21H15F2N3O/c22-16-11-5-4-10-15(16)19(24-18-13-7-6-12-17(18)23)21-26-25-20(27-21)14-8-2-1-3-9-14/h1-13,19,24H/t19-/m0/s1. The van der Waals surface area contributed by atoms with Crippen LogP contribution < -0.4 is 5.32 Å². The van der Waals surface area contributed by atoms with Crippen molar-refractivity contribution >= 4 is 5.69 Å². The Morgan fingerprint density at radius 1 is 0.741 bits per heavy atom. The molecule has 0 unspecified atom stereocenters. The third-order valence-corrected chi connectivity index (χ3v) is 4.10. The molecule has 0 aliphatic heterocycles. The zero-order valence-electron chi connectivity index (χ0n) is 14.1. The third kappa shape index (κ3) is 3.55. The van der Waals surface area contributed by atoms with Gasteiger partial charge in [0.1, 0.15) is 17.7 Å². The Hall–Kier alpha value is -3.54. The first-order chi connectivity index (χ1) is 13.2. The first kappa shape index (κ1) is 16.9. The first-order valence-electron chi connectivity index (χ1n) is 8.36. The van der Waals surface area contributed by atoms with Crippen molar-refractivity contribution in [3.8, 4) is 11.5 Å². The maximum atomic E-state index is 14.4. The topological polar surface area (TPSA) is 51.0 Å². The minimum Gasteiger partial charge on any atom is -0.418 e. The Morgan fingerprint density at radius 2 is 1.41 bits per heavy atom. The van der Waals surface area contributed by atoms with Crippen molar-refractivity contribution in [2.75, 3.05) is 5.32 Å². The van der Waals surface area contributed by atoms with Crippen molar-refractivity contribution in [2.45, 2.75) is 6.04 Å². The Morgan fingerprint density at radius 3 is 2.15 bits per heavy atom. The van der Waals surface area contributed by atoms with Crippen LogP contribution in [0.4, 0.5) is 14.5 Å². The molecule has 4 aromatic rings. The van der Waals surface area contributed by atoms with E-state index in [1.54, 1.807) is 36.4 Å². The van der Waals surface area contributed by atoms with Crippen LogP contribution in [-0.4, -0.2) is 10.2 Å². The van der Waals surface area contributed by atoms with Gasteiger partial charge < -0.3 is 9.73 Å². The SMILES string of the molecule is Fc1ccccc1N[C@H](c1nnc(-c2ccccc2)o1)c1ccccc1F. The Bertz CT molecular complexity index is 1050. The quantitative estimate of drug-likeness (QED) is 0.528. The van der Waals surface area contributed by atoms with E-state index in [1.807, 2.05) is 30.3 Å². The summed E-state index contributed by atoms with van der Waals surface area (Å²) in [6.45, 7) is 0. The summed E-state index contributed by atoms with van der Waals surface area (Å²) in [5, 5.41) is 11.1. The maximum Gasteiger partial charge on any atom is 0.247 e. The number of aromatic nitrogens is 2. The average molecular weight is 363 g/mol. The van der Waals surface area contributed by atoms with E-state index in [1.165, 1.54) is 12.1 Å². The van der Waals surface area contributed by atoms with E-state index in [-0.39, 0.29) is 17.1 Å². The van der Waals surface area contributed by atoms with Gasteiger partial charge in [-0.1, -0.05) is 48.5 Å². The largest absolute Gasteiger partial charge is 0.418 e. The summed E-state index contributed by atoms with van der Waals surface area (Å²) in [5.74, 6) is -0.461. The van der Waals surface area contributed by atoms with E-state index < -0.39 is 17.7 Å². The van der Waals surface area contributed by atoms with Gasteiger partial charge in [0.2, 0.25) is 11.8 Å². The summed E-state index contributed by atoms with van der Waals surface area (Å²) in [6, 6.07) is 20.8. The van der Waals surface area contributed by atoms with E-state index >= 15 is 0 Å². The first-order valence-corrected chi connectivity index (χ1v) is 8.36. The van der Waals surface area contributed by atoms with Gasteiger partial charge in [-0.3, -0.25) is 0 Å². The number of anilines is 1. The van der Waals surface area contributed by atoms with Crippen molar-refractivity contribution in [1.82, 2.24) is 10.2 Å². The molecule has 4 nitrogen and oxygen atoms in total. The van der Waals surface area contributed by atoms with Crippen LogP contribution in [0.5, 0.6) is 0 Å². The molecule has 0 saturated heterocycles. The van der Waals surface area contributed by atoms with E-state index in [2.05, 4.69) is 15.5 Å². The fourth-order valence-corrected chi connectivity index (χ4v) is 2.76. The van der Waals surface area contributed by atoms with Crippen LogP contribution in [0, 0.1) is 11.6 Å². The van der Waals surface area contributed by atoms with Crippen LogP contribution in [0.15, 0.2) is 83.3 Å². The number of para-hydroxylation sites is 1. The zero-order chi connectivity index (χ0) is 18.6. The Balaban J connectivity index is 1.76. The van der Waals surface area contributed by atoms with Crippen LogP contribution in [0.2, 0.25) is 0 Å². The molecule has 0 aliphatic rings. The van der Waals surface area contributed by atoms with Crippen molar-refractivity contribution < 1.29 is 13.2 Å². The highest BCUT2D eigenvalue weighted by Crippen LogP contribution is 2.30. The summed E-state index contributed by atoms with van der Waals surface area (Å²) in [5.41, 5.74) is 1.24. The van der Waals surface area contributed by atoms with Gasteiger partial charge in [0.25, 0.3) is 0 Å². The van der Waals surface area contributed by atoms with Gasteiger partial charge in [-0.25, -0.2) is 8.78 Å². The molecule has 6 heteroatoms. The summed E-state index contributed by atoms with van der Waals surface area (Å²) in [7, 11) is 0. The number of hydrogen-bond donors (Lipinski definition) is 1. The van der Waals surface area contributed by atoms with E-state index in [0.717, 1.165) is 5.56 Å².